The van der Waals surface area contributed by atoms with Crippen LogP contribution in [0.5, 0.6) is 0 Å². The number of hydrogen-bond acceptors (Lipinski definition) is 4. The Hall–Kier alpha value is -1.88. The molecule has 0 N–H and O–H groups in total. The van der Waals surface area contributed by atoms with Gasteiger partial charge in [0.15, 0.2) is 0 Å². The fourth-order valence-electron chi connectivity index (χ4n) is 1.28. The number of imide groups is 1. The number of rotatable bonds is 2. The zero-order chi connectivity index (χ0) is 11.5. The van der Waals surface area contributed by atoms with Gasteiger partial charge in [0.25, 0.3) is 5.91 Å². The van der Waals surface area contributed by atoms with E-state index in [1.807, 2.05) is 30.3 Å². The van der Waals surface area contributed by atoms with Crippen LogP contribution in [0.25, 0.3) is 6.08 Å². The van der Waals surface area contributed by atoms with Crippen molar-refractivity contribution in [2.75, 3.05) is 0 Å². The van der Waals surface area contributed by atoms with E-state index in [9.17, 15) is 9.59 Å². The zero-order valence-electron chi connectivity index (χ0n) is 8.29. The van der Waals surface area contributed by atoms with Gasteiger partial charge >= 0.3 is 5.24 Å². The van der Waals surface area contributed by atoms with Gasteiger partial charge in [0.1, 0.15) is 0 Å². The van der Waals surface area contributed by atoms with Crippen LogP contribution in [0.3, 0.4) is 0 Å². The maximum atomic E-state index is 11.6. The summed E-state index contributed by atoms with van der Waals surface area (Å²) in [7, 11) is 0. The molecule has 16 heavy (non-hydrogen) atoms. The van der Waals surface area contributed by atoms with Crippen LogP contribution in [0.2, 0.25) is 0 Å². The monoisotopic (exact) mass is 232 g/mol. The predicted molar refractivity (Wildman–Crippen MR) is 63.8 cm³/mol. The van der Waals surface area contributed by atoms with E-state index in [2.05, 4.69) is 11.8 Å². The fraction of sp³-hybridized carbons (Fsp3) is 0. The summed E-state index contributed by atoms with van der Waals surface area (Å²) in [5.41, 5.74) is 0.872. The Kier molecular flexibility index (Phi) is 2.87. The van der Waals surface area contributed by atoms with Gasteiger partial charge in [0.2, 0.25) is 0 Å². The standard InChI is InChI=1S/C11H8N2O2S/c1-12-13-10(14)9(16-11(13)15)7-8-5-3-2-4-6-8/h2-7H,1H2/b9-7+. The second-order valence-electron chi connectivity index (χ2n) is 3.05. The molecule has 5 heteroatoms. The smallest absolute Gasteiger partial charge is 0.266 e. The van der Waals surface area contributed by atoms with E-state index in [4.69, 9.17) is 0 Å². The van der Waals surface area contributed by atoms with E-state index in [1.54, 1.807) is 6.08 Å². The minimum atomic E-state index is -0.422. The highest BCUT2D eigenvalue weighted by Gasteiger charge is 2.34. The molecule has 0 radical (unpaired) electrons. The molecular formula is C11H8N2O2S. The summed E-state index contributed by atoms with van der Waals surface area (Å²) < 4.78 is 0. The number of benzene rings is 1. The molecule has 80 valence electrons. The first kappa shape index (κ1) is 10.6. The molecule has 0 saturated carbocycles. The third-order valence-electron chi connectivity index (χ3n) is 2.01. The average Bonchev–Trinajstić information content (AvgIpc) is 2.55. The van der Waals surface area contributed by atoms with Crippen molar-refractivity contribution in [3.8, 4) is 0 Å². The molecule has 1 fully saturated rings. The number of amides is 2. The number of hydrazone groups is 1. The third kappa shape index (κ3) is 1.90. The Labute approximate surface area is 96.6 Å². The largest absolute Gasteiger partial charge is 0.314 e. The van der Waals surface area contributed by atoms with Gasteiger partial charge in [-0.2, -0.15) is 10.1 Å². The van der Waals surface area contributed by atoms with Gasteiger partial charge < -0.3 is 0 Å². The van der Waals surface area contributed by atoms with Crippen molar-refractivity contribution in [3.05, 3.63) is 40.8 Å². The number of carbonyl (C=O) groups is 2. The molecule has 1 heterocycles. The number of hydrogen-bond donors (Lipinski definition) is 0. The average molecular weight is 232 g/mol. The van der Waals surface area contributed by atoms with Gasteiger partial charge in [-0.05, 0) is 23.4 Å². The zero-order valence-corrected chi connectivity index (χ0v) is 9.11. The van der Waals surface area contributed by atoms with Gasteiger partial charge in [-0.1, -0.05) is 30.3 Å². The van der Waals surface area contributed by atoms with Crippen molar-refractivity contribution < 1.29 is 9.59 Å². The summed E-state index contributed by atoms with van der Waals surface area (Å²) >= 11 is 0.866. The summed E-state index contributed by atoms with van der Waals surface area (Å²) in [5, 5.41) is 3.71. The van der Waals surface area contributed by atoms with Crippen molar-refractivity contribution in [2.24, 2.45) is 5.10 Å². The highest BCUT2D eigenvalue weighted by atomic mass is 32.2. The lowest BCUT2D eigenvalue weighted by Crippen LogP contribution is -2.21. The van der Waals surface area contributed by atoms with Crippen LogP contribution in [0.4, 0.5) is 4.79 Å². The van der Waals surface area contributed by atoms with E-state index in [-0.39, 0.29) is 0 Å². The molecule has 0 spiro atoms. The van der Waals surface area contributed by atoms with E-state index in [0.717, 1.165) is 22.3 Å². The van der Waals surface area contributed by atoms with E-state index < -0.39 is 11.1 Å². The Morgan fingerprint density at radius 3 is 2.50 bits per heavy atom. The molecule has 2 amide bonds. The molecule has 0 atom stereocenters. The lowest BCUT2D eigenvalue weighted by Gasteiger charge is -2.00. The first-order chi connectivity index (χ1) is 7.72. The maximum Gasteiger partial charge on any atom is 0.314 e. The molecule has 1 saturated heterocycles. The Morgan fingerprint density at radius 1 is 1.25 bits per heavy atom. The molecule has 1 aromatic carbocycles. The van der Waals surface area contributed by atoms with Crippen molar-refractivity contribution in [1.29, 1.82) is 0 Å². The van der Waals surface area contributed by atoms with E-state index in [1.165, 1.54) is 0 Å². The summed E-state index contributed by atoms with van der Waals surface area (Å²) in [6.07, 6.45) is 1.66. The van der Waals surface area contributed by atoms with Crippen LogP contribution >= 0.6 is 11.8 Å². The molecular weight excluding hydrogens is 224 g/mol. The lowest BCUT2D eigenvalue weighted by molar-refractivity contribution is -0.122. The van der Waals surface area contributed by atoms with Gasteiger partial charge in [0.05, 0.1) is 4.91 Å². The fourth-order valence-corrected chi connectivity index (χ4v) is 2.07. The van der Waals surface area contributed by atoms with Crippen molar-refractivity contribution in [3.63, 3.8) is 0 Å². The highest BCUT2D eigenvalue weighted by Crippen LogP contribution is 2.31. The van der Waals surface area contributed by atoms with E-state index in [0.29, 0.717) is 4.91 Å². The van der Waals surface area contributed by atoms with Crippen LogP contribution in [0.1, 0.15) is 5.56 Å². The topological polar surface area (TPSA) is 49.7 Å². The molecule has 1 aliphatic rings. The lowest BCUT2D eigenvalue weighted by atomic mass is 10.2. The Morgan fingerprint density at radius 2 is 1.94 bits per heavy atom. The molecule has 1 aromatic rings. The second kappa shape index (κ2) is 4.32. The Bertz CT molecular complexity index is 482. The van der Waals surface area contributed by atoms with Crippen LogP contribution in [-0.2, 0) is 4.79 Å². The van der Waals surface area contributed by atoms with Crippen LogP contribution in [0.15, 0.2) is 40.3 Å². The van der Waals surface area contributed by atoms with Gasteiger partial charge in [0, 0.05) is 6.72 Å². The maximum absolute atomic E-state index is 11.6. The number of nitrogens with zero attached hydrogens (tertiary/aromatic N) is 2. The van der Waals surface area contributed by atoms with Gasteiger partial charge in [-0.15, -0.1) is 0 Å². The minimum Gasteiger partial charge on any atom is -0.266 e. The highest BCUT2D eigenvalue weighted by molar-refractivity contribution is 8.18. The van der Waals surface area contributed by atoms with Crippen LogP contribution < -0.4 is 0 Å². The van der Waals surface area contributed by atoms with Crippen molar-refractivity contribution >= 4 is 35.7 Å². The third-order valence-corrected chi connectivity index (χ3v) is 2.87. The molecule has 0 unspecified atom stereocenters. The SMILES string of the molecule is C=NN1C(=O)S/C(=C/c2ccccc2)C1=O. The summed E-state index contributed by atoms with van der Waals surface area (Å²) in [6, 6.07) is 9.32. The van der Waals surface area contributed by atoms with Crippen molar-refractivity contribution in [1.82, 2.24) is 5.01 Å². The number of thioether (sulfide) groups is 1. The van der Waals surface area contributed by atoms with Crippen LogP contribution in [0, 0.1) is 0 Å². The quantitative estimate of drug-likeness (QED) is 0.581. The normalized spacial score (nSPS) is 18.2. The van der Waals surface area contributed by atoms with Gasteiger partial charge in [-0.25, -0.2) is 0 Å². The van der Waals surface area contributed by atoms with Crippen molar-refractivity contribution in [2.45, 2.75) is 0 Å². The number of carbonyl (C=O) groups excluding carboxylic acids is 2. The minimum absolute atomic E-state index is 0.364. The molecule has 0 bridgehead atoms. The summed E-state index contributed by atoms with van der Waals surface area (Å²) in [6.45, 7) is 3.18. The van der Waals surface area contributed by atoms with Gasteiger partial charge in [-0.3, -0.25) is 9.59 Å². The Balaban J connectivity index is 2.31. The van der Waals surface area contributed by atoms with Crippen LogP contribution in [-0.4, -0.2) is 22.9 Å². The second-order valence-corrected chi connectivity index (χ2v) is 4.04. The summed E-state index contributed by atoms with van der Waals surface area (Å²) in [5.74, 6) is -0.422. The molecule has 2 rings (SSSR count). The predicted octanol–water partition coefficient (Wildman–Crippen LogP) is 2.34. The first-order valence-corrected chi connectivity index (χ1v) is 5.33. The molecule has 1 aliphatic heterocycles. The molecule has 4 nitrogen and oxygen atoms in total. The van der Waals surface area contributed by atoms with E-state index >= 15 is 0 Å². The first-order valence-electron chi connectivity index (χ1n) is 4.52. The molecule has 0 aliphatic carbocycles. The summed E-state index contributed by atoms with van der Waals surface area (Å²) in [4.78, 5) is 23.3. The molecule has 0 aromatic heterocycles.